The number of halogens is 1. The molecule has 0 radical (unpaired) electrons. The van der Waals surface area contributed by atoms with Gasteiger partial charge in [-0.05, 0) is 55.8 Å². The van der Waals surface area contributed by atoms with E-state index in [1.54, 1.807) is 14.2 Å². The largest absolute Gasteiger partial charge is 0.493 e. The van der Waals surface area contributed by atoms with E-state index >= 15 is 0 Å². The summed E-state index contributed by atoms with van der Waals surface area (Å²) in [6, 6.07) is 13.0. The van der Waals surface area contributed by atoms with Crippen LogP contribution in [0, 0.1) is 5.92 Å². The third kappa shape index (κ3) is 5.64. The molecule has 33 heavy (non-hydrogen) atoms. The van der Waals surface area contributed by atoms with Crippen molar-refractivity contribution in [1.29, 1.82) is 0 Å². The molecule has 1 saturated heterocycles. The van der Waals surface area contributed by atoms with Crippen LogP contribution in [0.25, 0.3) is 11.4 Å². The molecule has 0 unspecified atom stereocenters. The number of nitrogens with one attached hydrogen (secondary N) is 1. The fourth-order valence-electron chi connectivity index (χ4n) is 3.92. The van der Waals surface area contributed by atoms with Crippen LogP contribution in [0.4, 0.5) is 0 Å². The Morgan fingerprint density at radius 3 is 2.64 bits per heavy atom. The van der Waals surface area contributed by atoms with Crippen molar-refractivity contribution in [1.82, 2.24) is 20.4 Å². The van der Waals surface area contributed by atoms with E-state index in [-0.39, 0.29) is 11.8 Å². The molecule has 4 rings (SSSR count). The molecule has 0 aliphatic carbocycles. The van der Waals surface area contributed by atoms with Gasteiger partial charge in [0.1, 0.15) is 0 Å². The first-order chi connectivity index (χ1) is 16.1. The van der Waals surface area contributed by atoms with Crippen molar-refractivity contribution in [3.05, 3.63) is 58.9 Å². The van der Waals surface area contributed by atoms with Gasteiger partial charge in [0.25, 0.3) is 0 Å². The fourth-order valence-corrected chi connectivity index (χ4v) is 4.13. The van der Waals surface area contributed by atoms with Crippen molar-refractivity contribution < 1.29 is 18.8 Å². The molecule has 0 saturated carbocycles. The van der Waals surface area contributed by atoms with E-state index < -0.39 is 0 Å². The third-order valence-electron chi connectivity index (χ3n) is 5.84. The smallest absolute Gasteiger partial charge is 0.241 e. The van der Waals surface area contributed by atoms with E-state index in [0.717, 1.165) is 37.1 Å². The maximum absolute atomic E-state index is 12.6. The van der Waals surface area contributed by atoms with Crippen LogP contribution < -0.4 is 14.8 Å². The zero-order valence-electron chi connectivity index (χ0n) is 18.7. The summed E-state index contributed by atoms with van der Waals surface area (Å²) in [5.74, 6) is 2.36. The predicted octanol–water partition coefficient (Wildman–Crippen LogP) is 3.94. The maximum atomic E-state index is 12.6. The van der Waals surface area contributed by atoms with Crippen molar-refractivity contribution in [2.75, 3.05) is 27.3 Å². The number of amides is 1. The zero-order valence-corrected chi connectivity index (χ0v) is 19.5. The average molecular weight is 471 g/mol. The first-order valence-electron chi connectivity index (χ1n) is 10.9. The normalized spacial score (nSPS) is 14.8. The van der Waals surface area contributed by atoms with E-state index in [4.69, 9.17) is 25.6 Å². The van der Waals surface area contributed by atoms with Crippen LogP contribution >= 0.6 is 11.6 Å². The van der Waals surface area contributed by atoms with Gasteiger partial charge in [-0.15, -0.1) is 0 Å². The molecule has 1 amide bonds. The predicted molar refractivity (Wildman–Crippen MR) is 124 cm³/mol. The topological polar surface area (TPSA) is 89.7 Å². The molecular formula is C24H27ClN4O4. The molecule has 0 bridgehead atoms. The van der Waals surface area contributed by atoms with E-state index in [1.165, 1.54) is 0 Å². The zero-order chi connectivity index (χ0) is 23.2. The molecule has 2 aromatic carbocycles. The number of methoxy groups -OCH3 is 2. The Labute approximate surface area is 197 Å². The van der Waals surface area contributed by atoms with Crippen molar-refractivity contribution >= 4 is 17.5 Å². The fraction of sp³-hybridized carbons (Fsp3) is 0.375. The number of hydrogen-bond donors (Lipinski definition) is 1. The molecule has 8 nitrogen and oxygen atoms in total. The molecule has 1 aliphatic heterocycles. The Balaban J connectivity index is 1.28. The number of likely N-dealkylation sites (tertiary alicyclic amines) is 1. The van der Waals surface area contributed by atoms with Gasteiger partial charge in [0, 0.05) is 23.0 Å². The van der Waals surface area contributed by atoms with Crippen LogP contribution in [-0.2, 0) is 17.9 Å². The summed E-state index contributed by atoms with van der Waals surface area (Å²) in [4.78, 5) is 19.3. The van der Waals surface area contributed by atoms with E-state index in [0.29, 0.717) is 41.3 Å². The Morgan fingerprint density at radius 1 is 1.15 bits per heavy atom. The first-order valence-corrected chi connectivity index (χ1v) is 11.2. The van der Waals surface area contributed by atoms with E-state index in [2.05, 4.69) is 20.4 Å². The van der Waals surface area contributed by atoms with Gasteiger partial charge >= 0.3 is 0 Å². The van der Waals surface area contributed by atoms with Gasteiger partial charge in [-0.25, -0.2) is 0 Å². The van der Waals surface area contributed by atoms with Crippen molar-refractivity contribution in [3.63, 3.8) is 0 Å². The standard InChI is InChI=1S/C24H27ClN4O4/c1-31-20-8-7-17(13-21(20)32-2)23-27-22(33-28-23)15-29-11-9-16(10-12-29)24(30)26-14-18-5-3-4-6-19(18)25/h3-8,13,16H,9-12,14-15H2,1-2H3,(H,26,30). The lowest BCUT2D eigenvalue weighted by Gasteiger charge is -2.30. The molecular weight excluding hydrogens is 444 g/mol. The molecule has 0 spiro atoms. The number of hydrogen-bond acceptors (Lipinski definition) is 7. The number of ether oxygens (including phenoxy) is 2. The summed E-state index contributed by atoms with van der Waals surface area (Å²) in [5, 5.41) is 7.78. The first kappa shape index (κ1) is 23.1. The van der Waals surface area contributed by atoms with Crippen molar-refractivity contribution in [2.24, 2.45) is 5.92 Å². The Hall–Kier alpha value is -3.10. The van der Waals surface area contributed by atoms with Crippen LogP contribution in [0.3, 0.4) is 0 Å². The van der Waals surface area contributed by atoms with Gasteiger partial charge in [-0.2, -0.15) is 4.98 Å². The average Bonchev–Trinajstić information content (AvgIpc) is 3.31. The summed E-state index contributed by atoms with van der Waals surface area (Å²) in [5.41, 5.74) is 1.71. The van der Waals surface area contributed by atoms with Crippen molar-refractivity contribution in [3.8, 4) is 22.9 Å². The highest BCUT2D eigenvalue weighted by atomic mass is 35.5. The van der Waals surface area contributed by atoms with E-state index in [9.17, 15) is 4.79 Å². The minimum atomic E-state index is -0.00579. The lowest BCUT2D eigenvalue weighted by molar-refractivity contribution is -0.126. The molecule has 1 aromatic heterocycles. The Morgan fingerprint density at radius 2 is 1.91 bits per heavy atom. The van der Waals surface area contributed by atoms with Gasteiger partial charge in [-0.1, -0.05) is 35.0 Å². The molecule has 1 N–H and O–H groups in total. The van der Waals surface area contributed by atoms with E-state index in [1.807, 2.05) is 42.5 Å². The van der Waals surface area contributed by atoms with Crippen LogP contribution in [-0.4, -0.2) is 48.3 Å². The van der Waals surface area contributed by atoms with Gasteiger partial charge in [-0.3, -0.25) is 9.69 Å². The van der Waals surface area contributed by atoms with Gasteiger partial charge in [0.2, 0.25) is 17.6 Å². The number of rotatable bonds is 8. The minimum Gasteiger partial charge on any atom is -0.493 e. The Kier molecular flexibility index (Phi) is 7.47. The third-order valence-corrected chi connectivity index (χ3v) is 6.21. The molecule has 1 aliphatic rings. The minimum absolute atomic E-state index is 0.00579. The Bertz CT molecular complexity index is 1100. The quantitative estimate of drug-likeness (QED) is 0.533. The lowest BCUT2D eigenvalue weighted by atomic mass is 9.96. The molecule has 0 atom stereocenters. The second kappa shape index (κ2) is 10.7. The summed E-state index contributed by atoms with van der Waals surface area (Å²) < 4.78 is 16.1. The molecule has 174 valence electrons. The van der Waals surface area contributed by atoms with Gasteiger partial charge in [0.05, 0.1) is 20.8 Å². The maximum Gasteiger partial charge on any atom is 0.241 e. The van der Waals surface area contributed by atoms with Crippen LogP contribution in [0.15, 0.2) is 47.0 Å². The number of carbonyl (C=O) groups is 1. The molecule has 9 heteroatoms. The number of carbonyl (C=O) groups excluding carboxylic acids is 1. The number of aromatic nitrogens is 2. The van der Waals surface area contributed by atoms with Crippen LogP contribution in [0.5, 0.6) is 11.5 Å². The molecule has 2 heterocycles. The van der Waals surface area contributed by atoms with Crippen LogP contribution in [0.1, 0.15) is 24.3 Å². The second-order valence-electron chi connectivity index (χ2n) is 7.94. The van der Waals surface area contributed by atoms with Gasteiger partial charge in [0.15, 0.2) is 11.5 Å². The SMILES string of the molecule is COc1ccc(-c2noc(CN3CCC(C(=O)NCc4ccccc4Cl)CC3)n2)cc1OC. The van der Waals surface area contributed by atoms with Crippen molar-refractivity contribution in [2.45, 2.75) is 25.9 Å². The van der Waals surface area contributed by atoms with Gasteiger partial charge < -0.3 is 19.3 Å². The monoisotopic (exact) mass is 470 g/mol. The summed E-state index contributed by atoms with van der Waals surface area (Å²) >= 11 is 6.17. The summed E-state index contributed by atoms with van der Waals surface area (Å²) in [6.45, 7) is 2.57. The number of piperidine rings is 1. The lowest BCUT2D eigenvalue weighted by Crippen LogP contribution is -2.40. The summed E-state index contributed by atoms with van der Waals surface area (Å²) in [7, 11) is 3.18. The highest BCUT2D eigenvalue weighted by Gasteiger charge is 2.26. The summed E-state index contributed by atoms with van der Waals surface area (Å²) in [6.07, 6.45) is 1.57. The highest BCUT2D eigenvalue weighted by Crippen LogP contribution is 2.31. The molecule has 3 aromatic rings. The van der Waals surface area contributed by atoms with Crippen LogP contribution in [0.2, 0.25) is 5.02 Å². The molecule has 1 fully saturated rings. The number of nitrogens with zero attached hydrogens (tertiary/aromatic N) is 3. The number of benzene rings is 2. The second-order valence-corrected chi connectivity index (χ2v) is 8.35. The highest BCUT2D eigenvalue weighted by molar-refractivity contribution is 6.31.